The number of esters is 7. The molecular weight excluding hydrogens is 736 g/mol. The fourth-order valence-corrected chi connectivity index (χ4v) is 12.6. The summed E-state index contributed by atoms with van der Waals surface area (Å²) in [7, 11) is 1.16. The number of hydrogen-bond acceptors (Lipinski definition) is 16. The van der Waals surface area contributed by atoms with Crippen LogP contribution >= 0.6 is 0 Å². The third kappa shape index (κ3) is 5.33. The molecule has 15 atom stereocenters. The third-order valence-corrected chi connectivity index (χ3v) is 14.4. The molecule has 0 amide bonds. The Morgan fingerprint density at radius 1 is 0.875 bits per heavy atom. The fourth-order valence-electron chi connectivity index (χ4n) is 12.6. The molecule has 56 heavy (non-hydrogen) atoms. The quantitative estimate of drug-likeness (QED) is 0.170. The Bertz CT molecular complexity index is 1800. The number of epoxide rings is 1. The molecule has 308 valence electrons. The van der Waals surface area contributed by atoms with Crippen LogP contribution in [-0.4, -0.2) is 108 Å². The van der Waals surface area contributed by atoms with Gasteiger partial charge in [0.05, 0.1) is 23.5 Å². The zero-order chi connectivity index (χ0) is 41.7. The molecule has 4 aliphatic carbocycles. The first-order valence-electron chi connectivity index (χ1n) is 18.8. The monoisotopic (exact) mass is 788 g/mol. The van der Waals surface area contributed by atoms with Crippen LogP contribution in [0, 0.1) is 39.4 Å². The number of fused-ring (bicyclic) bond motifs is 9. The Morgan fingerprint density at radius 3 is 2.00 bits per heavy atom. The molecule has 0 bridgehead atoms. The van der Waals surface area contributed by atoms with Crippen molar-refractivity contribution in [2.45, 2.75) is 129 Å². The van der Waals surface area contributed by atoms with Crippen molar-refractivity contribution in [3.63, 3.8) is 0 Å². The van der Waals surface area contributed by atoms with Crippen molar-refractivity contribution in [3.8, 4) is 0 Å². The topological polar surface area (TPSA) is 217 Å². The molecule has 1 saturated heterocycles. The van der Waals surface area contributed by atoms with Crippen molar-refractivity contribution >= 4 is 41.8 Å². The molecule has 16 heteroatoms. The van der Waals surface area contributed by atoms with E-state index in [1.54, 1.807) is 26.8 Å². The van der Waals surface area contributed by atoms with Crippen molar-refractivity contribution in [3.05, 3.63) is 24.3 Å². The van der Waals surface area contributed by atoms with Gasteiger partial charge in [-0.15, -0.1) is 0 Å². The zero-order valence-electron chi connectivity index (χ0n) is 33.5. The molecule has 6 rings (SSSR count). The van der Waals surface area contributed by atoms with Crippen LogP contribution < -0.4 is 0 Å². The van der Waals surface area contributed by atoms with E-state index in [9.17, 15) is 38.7 Å². The van der Waals surface area contributed by atoms with E-state index in [4.69, 9.17) is 37.9 Å². The van der Waals surface area contributed by atoms with Gasteiger partial charge >= 0.3 is 41.8 Å². The predicted octanol–water partition coefficient (Wildman–Crippen LogP) is 2.45. The first kappa shape index (κ1) is 41.3. The van der Waals surface area contributed by atoms with E-state index in [0.29, 0.717) is 5.57 Å². The highest BCUT2D eigenvalue weighted by atomic mass is 16.7. The summed E-state index contributed by atoms with van der Waals surface area (Å²) in [6.45, 7) is 16.4. The second kappa shape index (κ2) is 13.4. The summed E-state index contributed by atoms with van der Waals surface area (Å²) in [5, 5.41) is 13.6. The number of carbonyl (C=O) groups is 7. The molecule has 5 fully saturated rings. The Hall–Kier alpha value is -4.31. The van der Waals surface area contributed by atoms with Crippen LogP contribution in [0.2, 0.25) is 0 Å². The molecule has 2 aliphatic heterocycles. The molecule has 0 spiro atoms. The van der Waals surface area contributed by atoms with Gasteiger partial charge in [-0.3, -0.25) is 24.0 Å². The van der Waals surface area contributed by atoms with Crippen molar-refractivity contribution in [2.24, 2.45) is 39.4 Å². The van der Waals surface area contributed by atoms with Gasteiger partial charge in [0.2, 0.25) is 5.60 Å². The molecule has 1 N–H and O–H groups in total. The predicted molar refractivity (Wildman–Crippen MR) is 188 cm³/mol. The molecule has 0 aromatic heterocycles. The highest BCUT2D eigenvalue weighted by molar-refractivity contribution is 5.87. The number of methoxy groups -OCH3 is 1. The number of hydrogen-bond donors (Lipinski definition) is 1. The van der Waals surface area contributed by atoms with E-state index < -0.39 is 136 Å². The summed E-state index contributed by atoms with van der Waals surface area (Å²) in [5.41, 5.74) is -9.66. The van der Waals surface area contributed by atoms with Crippen molar-refractivity contribution in [1.29, 1.82) is 0 Å². The Balaban J connectivity index is 1.72. The van der Waals surface area contributed by atoms with E-state index in [2.05, 4.69) is 6.58 Å². The number of aliphatic hydroxyl groups is 1. The maximum Gasteiger partial charge on any atom is 0.342 e. The van der Waals surface area contributed by atoms with Gasteiger partial charge in [0.25, 0.3) is 0 Å². The Labute approximate surface area is 324 Å². The van der Waals surface area contributed by atoms with Crippen LogP contribution in [0.25, 0.3) is 0 Å². The highest BCUT2D eigenvalue weighted by Crippen LogP contribution is 2.78. The molecule has 16 nitrogen and oxygen atoms in total. The lowest BCUT2D eigenvalue weighted by Gasteiger charge is -2.74. The summed E-state index contributed by atoms with van der Waals surface area (Å²) in [6.07, 6.45) is -4.94. The van der Waals surface area contributed by atoms with Gasteiger partial charge in [0.15, 0.2) is 12.2 Å². The average Bonchev–Trinajstić information content (AvgIpc) is 3.87. The second-order valence-corrected chi connectivity index (χ2v) is 17.1. The molecule has 6 aliphatic rings. The maximum absolute atomic E-state index is 13.9. The molecule has 4 saturated carbocycles. The van der Waals surface area contributed by atoms with Crippen molar-refractivity contribution < 1.29 is 76.6 Å². The van der Waals surface area contributed by atoms with Gasteiger partial charge in [0.1, 0.15) is 31.0 Å². The minimum atomic E-state index is -2.01. The summed E-state index contributed by atoms with van der Waals surface area (Å²) in [5.74, 6) is -8.32. The lowest BCUT2D eigenvalue weighted by Crippen LogP contribution is -2.84. The molecule has 0 aromatic rings. The zero-order valence-corrected chi connectivity index (χ0v) is 33.5. The normalized spacial score (nSPS) is 44.9. The number of ether oxygens (including phenoxy) is 8. The van der Waals surface area contributed by atoms with Crippen LogP contribution in [0.5, 0.6) is 0 Å². The summed E-state index contributed by atoms with van der Waals surface area (Å²) >= 11 is 0. The summed E-state index contributed by atoms with van der Waals surface area (Å²) in [4.78, 5) is 92.7. The van der Waals surface area contributed by atoms with E-state index >= 15 is 0 Å². The smallest absolute Gasteiger partial charge is 0.342 e. The number of carbonyl (C=O) groups excluding carboxylic acids is 7. The van der Waals surface area contributed by atoms with E-state index in [0.717, 1.165) is 21.0 Å². The molecule has 0 radical (unpaired) electrons. The van der Waals surface area contributed by atoms with Crippen LogP contribution in [0.3, 0.4) is 0 Å². The van der Waals surface area contributed by atoms with Crippen LogP contribution in [0.1, 0.15) is 81.6 Å². The van der Waals surface area contributed by atoms with Crippen LogP contribution in [-0.2, 0) is 71.5 Å². The van der Waals surface area contributed by atoms with Gasteiger partial charge in [-0.2, -0.15) is 0 Å². The Kier molecular flexibility index (Phi) is 9.88. The third-order valence-electron chi connectivity index (χ3n) is 14.4. The molecule has 2 unspecified atom stereocenters. The number of rotatable bonds is 7. The second-order valence-electron chi connectivity index (χ2n) is 17.1. The van der Waals surface area contributed by atoms with Gasteiger partial charge < -0.3 is 43.0 Å². The first-order valence-corrected chi connectivity index (χ1v) is 18.8. The van der Waals surface area contributed by atoms with Gasteiger partial charge in [-0.1, -0.05) is 26.5 Å². The van der Waals surface area contributed by atoms with Gasteiger partial charge in [0, 0.05) is 58.4 Å². The van der Waals surface area contributed by atoms with Gasteiger partial charge in [-0.25, -0.2) is 9.59 Å². The highest BCUT2D eigenvalue weighted by Gasteiger charge is 2.91. The number of allylic oxidation sites excluding steroid dienone is 1. The standard InChI is InChI=1S/C40H52O16/c1-18-16-39(48)26-14-15-35(8)25-12-13-27(46)50-17-38(25,19(2)51-20(3)41)31(53-22(5)43)28(52-21(4)42)29(35)36(26,9)32(54-23(6)44)33(55-24(7)45)37(39,10)40(30(18)56-40)34(47)49-11/h12-13,19,25-26,28-33,48H,1,14-17H2,2-11H3/t19?,25-,26+,28-,29-,30+,31-,32+,33-,35-,36-,37+,38+,39+,40?/m0/s1. The average molecular weight is 789 g/mol. The van der Waals surface area contributed by atoms with Crippen molar-refractivity contribution in [1.82, 2.24) is 0 Å². The van der Waals surface area contributed by atoms with E-state index in [1.807, 2.05) is 6.92 Å². The lowest BCUT2D eigenvalue weighted by atomic mass is 9.31. The van der Waals surface area contributed by atoms with Crippen molar-refractivity contribution in [2.75, 3.05) is 13.7 Å². The SMILES string of the molecule is C=C1C[C@@]2(O)[C@@H]3CC[C@@]4(C)[C@@H]5C=CC(=O)OC[C@]5(C(C)OC(C)=O)[C@@H](OC(C)=O)[C@@H](OC(C)=O)[C@@H]4[C@@]3(C)[C@H](OC(C)=O)[C@H](OC(C)=O)[C@@]2(C)C2(C(=O)OC)O[C@H]12. The first-order chi connectivity index (χ1) is 25.9. The molecule has 0 aromatic carbocycles. The number of cyclic esters (lactones) is 1. The van der Waals surface area contributed by atoms with Gasteiger partial charge in [-0.05, 0) is 49.5 Å². The van der Waals surface area contributed by atoms with Crippen LogP contribution in [0.15, 0.2) is 24.3 Å². The largest absolute Gasteiger partial charge is 0.467 e. The van der Waals surface area contributed by atoms with Crippen LogP contribution in [0.4, 0.5) is 0 Å². The fraction of sp³-hybridized carbons (Fsp3) is 0.725. The summed E-state index contributed by atoms with van der Waals surface area (Å²) < 4.78 is 47.9. The lowest BCUT2D eigenvalue weighted by molar-refractivity contribution is -0.357. The Morgan fingerprint density at radius 2 is 1.45 bits per heavy atom. The minimum Gasteiger partial charge on any atom is -0.467 e. The molecular formula is C40H52O16. The minimum absolute atomic E-state index is 0.133. The van der Waals surface area contributed by atoms with E-state index in [-0.39, 0.29) is 19.3 Å². The van der Waals surface area contributed by atoms with E-state index in [1.165, 1.54) is 26.8 Å². The summed E-state index contributed by atoms with van der Waals surface area (Å²) in [6, 6.07) is 0. The maximum atomic E-state index is 13.9. The molecule has 2 heterocycles.